The normalized spacial score (nSPS) is 17.2. The van der Waals surface area contributed by atoms with E-state index in [1.54, 1.807) is 0 Å². The molecule has 2 unspecified atom stereocenters. The molecule has 0 aromatic carbocycles. The summed E-state index contributed by atoms with van der Waals surface area (Å²) in [5.41, 5.74) is 3.99. The van der Waals surface area contributed by atoms with Crippen molar-refractivity contribution in [3.63, 3.8) is 0 Å². The third-order valence-corrected chi connectivity index (χ3v) is 3.38. The minimum atomic E-state index is -1.40. The van der Waals surface area contributed by atoms with E-state index in [0.29, 0.717) is 17.5 Å². The van der Waals surface area contributed by atoms with E-state index in [1.165, 1.54) is 25.8 Å². The number of nitrogens with two attached hydrogens (primary N) is 1. The number of carbonyl (C=O) groups is 1. The summed E-state index contributed by atoms with van der Waals surface area (Å²) in [4.78, 5) is 11.1. The molecule has 4 nitrogen and oxygen atoms in total. The zero-order valence-corrected chi connectivity index (χ0v) is 9.76. The molecule has 3 N–H and O–H groups in total. The van der Waals surface area contributed by atoms with E-state index in [0.717, 1.165) is 6.42 Å². The van der Waals surface area contributed by atoms with Gasteiger partial charge < -0.3 is 15.6 Å². The number of methoxy groups -OCH3 is 1. The highest BCUT2D eigenvalue weighted by Crippen LogP contribution is 2.20. The van der Waals surface area contributed by atoms with Gasteiger partial charge in [-0.1, -0.05) is 6.92 Å². The molecule has 0 radical (unpaired) electrons. The summed E-state index contributed by atoms with van der Waals surface area (Å²) in [5, 5.41) is 10.0. The quantitative estimate of drug-likeness (QED) is 0.634. The fourth-order valence-electron chi connectivity index (χ4n) is 0.901. The molecule has 0 aliphatic heterocycles. The third-order valence-electron chi connectivity index (χ3n) is 1.85. The van der Waals surface area contributed by atoms with Crippen molar-refractivity contribution in [1.29, 1.82) is 0 Å². The van der Waals surface area contributed by atoms with Crippen LogP contribution in [0.3, 0.4) is 0 Å². The molecule has 0 saturated carbocycles. The van der Waals surface area contributed by atoms with Crippen LogP contribution in [0.4, 0.5) is 0 Å². The van der Waals surface area contributed by atoms with Crippen LogP contribution in [0, 0.1) is 0 Å². The Bertz CT molecular complexity index is 185. The minimum absolute atomic E-state index is 0.334. The van der Waals surface area contributed by atoms with Gasteiger partial charge in [-0.3, -0.25) is 0 Å². The van der Waals surface area contributed by atoms with Gasteiger partial charge in [-0.05, 0) is 19.9 Å². The first-order chi connectivity index (χ1) is 6.44. The van der Waals surface area contributed by atoms with Gasteiger partial charge in [0.05, 0.1) is 7.11 Å². The molecule has 84 valence electrons. The van der Waals surface area contributed by atoms with Crippen LogP contribution >= 0.6 is 11.8 Å². The number of aliphatic hydroxyl groups is 1. The van der Waals surface area contributed by atoms with Gasteiger partial charge in [-0.25, -0.2) is 4.79 Å². The smallest absolute Gasteiger partial charge is 0.338 e. The van der Waals surface area contributed by atoms with Crippen molar-refractivity contribution in [1.82, 2.24) is 0 Å². The van der Waals surface area contributed by atoms with Crippen molar-refractivity contribution in [2.75, 3.05) is 19.4 Å². The predicted octanol–water partition coefficient (Wildman–Crippen LogP) is 0.381. The second kappa shape index (κ2) is 6.27. The van der Waals surface area contributed by atoms with Gasteiger partial charge in [0.2, 0.25) is 0 Å². The fourth-order valence-corrected chi connectivity index (χ4v) is 1.93. The van der Waals surface area contributed by atoms with Gasteiger partial charge in [-0.15, -0.1) is 0 Å². The number of hydrogen-bond acceptors (Lipinski definition) is 5. The van der Waals surface area contributed by atoms with E-state index in [2.05, 4.69) is 4.74 Å². The second-order valence-corrected chi connectivity index (χ2v) is 4.89. The molecule has 5 heteroatoms. The second-order valence-electron chi connectivity index (χ2n) is 3.46. The first kappa shape index (κ1) is 13.7. The Morgan fingerprint density at radius 1 is 1.71 bits per heavy atom. The van der Waals surface area contributed by atoms with E-state index in [1.807, 2.05) is 6.92 Å². The molecular weight excluding hydrogens is 202 g/mol. The van der Waals surface area contributed by atoms with Gasteiger partial charge in [0, 0.05) is 11.0 Å². The van der Waals surface area contributed by atoms with E-state index in [4.69, 9.17) is 5.73 Å². The van der Waals surface area contributed by atoms with Crippen molar-refractivity contribution < 1.29 is 14.6 Å². The fraction of sp³-hybridized carbons (Fsp3) is 0.889. The maximum absolute atomic E-state index is 11.1. The van der Waals surface area contributed by atoms with Crippen LogP contribution in [0.2, 0.25) is 0 Å². The van der Waals surface area contributed by atoms with Crippen molar-refractivity contribution in [3.05, 3.63) is 0 Å². The van der Waals surface area contributed by atoms with E-state index in [9.17, 15) is 9.90 Å². The van der Waals surface area contributed by atoms with Crippen molar-refractivity contribution >= 4 is 17.7 Å². The summed E-state index contributed by atoms with van der Waals surface area (Å²) in [7, 11) is 1.27. The topological polar surface area (TPSA) is 72.5 Å². The maximum Gasteiger partial charge on any atom is 0.338 e. The number of ether oxygens (including phenoxy) is 1. The number of thioether (sulfide) groups is 1. The van der Waals surface area contributed by atoms with Crippen LogP contribution in [0.1, 0.15) is 20.3 Å². The molecule has 14 heavy (non-hydrogen) atoms. The largest absolute Gasteiger partial charge is 0.467 e. The highest BCUT2D eigenvalue weighted by atomic mass is 32.2. The Kier molecular flexibility index (Phi) is 6.15. The lowest BCUT2D eigenvalue weighted by Gasteiger charge is -2.21. The predicted molar refractivity (Wildman–Crippen MR) is 58.2 cm³/mol. The number of esters is 1. The summed E-state index contributed by atoms with van der Waals surface area (Å²) in [6.07, 6.45) is 0.877. The molecule has 0 amide bonds. The third kappa shape index (κ3) is 4.83. The molecule has 0 aromatic heterocycles. The molecule has 0 fully saturated rings. The molecule has 0 saturated heterocycles. The van der Waals surface area contributed by atoms with Crippen LogP contribution in [0.25, 0.3) is 0 Å². The Labute approximate surface area is 89.2 Å². The molecule has 0 rings (SSSR count). The standard InChI is InChI=1S/C9H19NO3S/c1-7(4-5-10)14-6-9(2,12)8(11)13-3/h7,12H,4-6,10H2,1-3H3. The van der Waals surface area contributed by atoms with Crippen molar-refractivity contribution in [2.24, 2.45) is 5.73 Å². The van der Waals surface area contributed by atoms with Crippen LogP contribution in [-0.4, -0.2) is 41.3 Å². The number of hydrogen-bond donors (Lipinski definition) is 2. The highest BCUT2D eigenvalue weighted by Gasteiger charge is 2.31. The lowest BCUT2D eigenvalue weighted by Crippen LogP contribution is -2.39. The maximum atomic E-state index is 11.1. The summed E-state index contributed by atoms with van der Waals surface area (Å²) in [5.74, 6) is -0.258. The van der Waals surface area contributed by atoms with Crippen molar-refractivity contribution in [3.8, 4) is 0 Å². The Balaban J connectivity index is 3.92. The highest BCUT2D eigenvalue weighted by molar-refractivity contribution is 7.99. The van der Waals surface area contributed by atoms with Gasteiger partial charge in [0.25, 0.3) is 0 Å². The van der Waals surface area contributed by atoms with Crippen LogP contribution in [-0.2, 0) is 9.53 Å². The van der Waals surface area contributed by atoms with Crippen molar-refractivity contribution in [2.45, 2.75) is 31.1 Å². The SMILES string of the molecule is COC(=O)C(C)(O)CSC(C)CCN. The van der Waals surface area contributed by atoms with E-state index >= 15 is 0 Å². The Hall–Kier alpha value is -0.260. The molecule has 0 spiro atoms. The zero-order valence-electron chi connectivity index (χ0n) is 8.95. The molecule has 0 heterocycles. The zero-order chi connectivity index (χ0) is 11.2. The van der Waals surface area contributed by atoms with Gasteiger partial charge >= 0.3 is 5.97 Å². The first-order valence-corrected chi connectivity index (χ1v) is 5.61. The minimum Gasteiger partial charge on any atom is -0.467 e. The molecular formula is C9H19NO3S. The monoisotopic (exact) mass is 221 g/mol. The molecule has 0 aromatic rings. The summed E-state index contributed by atoms with van der Waals surface area (Å²) in [6.45, 7) is 4.10. The number of rotatable bonds is 6. The Morgan fingerprint density at radius 2 is 2.29 bits per heavy atom. The summed E-state index contributed by atoms with van der Waals surface area (Å²) in [6, 6.07) is 0. The number of carbonyl (C=O) groups excluding carboxylic acids is 1. The summed E-state index contributed by atoms with van der Waals surface area (Å²) < 4.78 is 4.48. The molecule has 0 aliphatic rings. The first-order valence-electron chi connectivity index (χ1n) is 4.56. The van der Waals surface area contributed by atoms with E-state index < -0.39 is 11.6 Å². The lowest BCUT2D eigenvalue weighted by atomic mass is 10.1. The Morgan fingerprint density at radius 3 is 2.71 bits per heavy atom. The van der Waals surface area contributed by atoms with Gasteiger partial charge in [0.15, 0.2) is 5.60 Å². The lowest BCUT2D eigenvalue weighted by molar-refractivity contribution is -0.158. The average Bonchev–Trinajstić information content (AvgIpc) is 2.14. The molecule has 0 bridgehead atoms. The summed E-state index contributed by atoms with van der Waals surface area (Å²) >= 11 is 1.52. The molecule has 2 atom stereocenters. The van der Waals surface area contributed by atoms with Crippen LogP contribution < -0.4 is 5.73 Å². The van der Waals surface area contributed by atoms with Crippen LogP contribution in [0.5, 0.6) is 0 Å². The van der Waals surface area contributed by atoms with E-state index in [-0.39, 0.29) is 0 Å². The molecule has 0 aliphatic carbocycles. The van der Waals surface area contributed by atoms with Gasteiger partial charge in [0.1, 0.15) is 0 Å². The average molecular weight is 221 g/mol. The van der Waals surface area contributed by atoms with Gasteiger partial charge in [-0.2, -0.15) is 11.8 Å². The van der Waals surface area contributed by atoms with Crippen LogP contribution in [0.15, 0.2) is 0 Å².